The van der Waals surface area contributed by atoms with Crippen molar-refractivity contribution in [3.63, 3.8) is 0 Å². The van der Waals surface area contributed by atoms with Crippen molar-refractivity contribution in [2.45, 2.75) is 44.9 Å². The number of benzene rings is 3. The normalized spacial score (nSPS) is 13.4. The van der Waals surface area contributed by atoms with E-state index in [1.807, 2.05) is 36.5 Å². The molecule has 5 heteroatoms. The summed E-state index contributed by atoms with van der Waals surface area (Å²) in [4.78, 5) is 9.21. The van der Waals surface area contributed by atoms with Crippen LogP contribution in [0.2, 0.25) is 0 Å². The Balaban J connectivity index is 0.00000289. The van der Waals surface area contributed by atoms with Gasteiger partial charge in [0.1, 0.15) is 5.82 Å². The monoisotopic (exact) mass is 702 g/mol. The second-order valence-corrected chi connectivity index (χ2v) is 11.4. The first kappa shape index (κ1) is 26.5. The van der Waals surface area contributed by atoms with Crippen LogP contribution < -0.4 is 4.74 Å². The molecule has 200 valence electrons. The van der Waals surface area contributed by atoms with Gasteiger partial charge in [0, 0.05) is 29.7 Å². The van der Waals surface area contributed by atoms with Gasteiger partial charge in [-0.1, -0.05) is 44.4 Å². The molecule has 3 heterocycles. The van der Waals surface area contributed by atoms with Crippen LogP contribution in [0.15, 0.2) is 91.3 Å². The van der Waals surface area contributed by atoms with E-state index in [1.54, 1.807) is 6.20 Å². The number of hydrogen-bond acceptors (Lipinski definition) is 3. The van der Waals surface area contributed by atoms with Gasteiger partial charge in [-0.05, 0) is 70.5 Å². The zero-order chi connectivity index (χ0) is 26.6. The molecule has 1 saturated carbocycles. The number of aromatic nitrogens is 3. The molecular formula is C35H29N3OPt. The number of hydrogen-bond donors (Lipinski definition) is 0. The van der Waals surface area contributed by atoms with Gasteiger partial charge in [0.25, 0.3) is 0 Å². The third-order valence-corrected chi connectivity index (χ3v) is 7.50. The zero-order valence-electron chi connectivity index (χ0n) is 22.7. The molecule has 0 amide bonds. The summed E-state index contributed by atoms with van der Waals surface area (Å²) in [6, 6.07) is 34.3. The minimum Gasteiger partial charge on any atom is -0.460 e. The van der Waals surface area contributed by atoms with E-state index in [0.717, 1.165) is 33.4 Å². The van der Waals surface area contributed by atoms with Crippen molar-refractivity contribution < 1.29 is 25.8 Å². The van der Waals surface area contributed by atoms with Crippen molar-refractivity contribution in [2.75, 3.05) is 0 Å². The Kier molecular flexibility index (Phi) is 6.84. The Morgan fingerprint density at radius 1 is 0.800 bits per heavy atom. The van der Waals surface area contributed by atoms with Crippen LogP contribution >= 0.6 is 0 Å². The minimum atomic E-state index is 0. The summed E-state index contributed by atoms with van der Waals surface area (Å²) in [7, 11) is 0. The van der Waals surface area contributed by atoms with Gasteiger partial charge in [-0.25, -0.2) is 21.1 Å². The molecule has 1 aliphatic rings. The molecule has 3 aromatic carbocycles. The van der Waals surface area contributed by atoms with Gasteiger partial charge in [0.2, 0.25) is 5.88 Å². The number of rotatable bonds is 5. The summed E-state index contributed by atoms with van der Waals surface area (Å²) in [5.41, 5.74) is 6.56. The van der Waals surface area contributed by atoms with E-state index >= 15 is 0 Å². The van der Waals surface area contributed by atoms with Gasteiger partial charge in [-0.3, -0.25) is 0 Å². The fraction of sp³-hybridized carbons (Fsp3) is 0.200. The quantitative estimate of drug-likeness (QED) is 0.169. The Morgan fingerprint density at radius 2 is 1.60 bits per heavy atom. The molecule has 0 spiro atoms. The molecule has 0 bridgehead atoms. The SMILES string of the molecule is CC(C)(C)c1ccnc(Oc2[c-]c(-c3[c-]c4c(cc3)c3ccccc3n4-c3cc(C4CC4)ccn3)ccc2)c1.[Pt+2]. The van der Waals surface area contributed by atoms with Crippen molar-refractivity contribution in [3.8, 4) is 28.6 Å². The molecule has 7 rings (SSSR count). The van der Waals surface area contributed by atoms with E-state index in [4.69, 9.17) is 9.72 Å². The van der Waals surface area contributed by atoms with Crippen LogP contribution in [0, 0.1) is 12.1 Å². The van der Waals surface area contributed by atoms with Gasteiger partial charge in [-0.2, -0.15) is 24.3 Å². The van der Waals surface area contributed by atoms with E-state index in [-0.39, 0.29) is 26.5 Å². The van der Waals surface area contributed by atoms with Crippen LogP contribution in [0.3, 0.4) is 0 Å². The Hall–Kier alpha value is -3.75. The van der Waals surface area contributed by atoms with Gasteiger partial charge < -0.3 is 9.30 Å². The van der Waals surface area contributed by atoms with Crippen molar-refractivity contribution >= 4 is 21.8 Å². The molecule has 0 radical (unpaired) electrons. The van der Waals surface area contributed by atoms with E-state index < -0.39 is 0 Å². The van der Waals surface area contributed by atoms with Crippen LogP contribution in [-0.4, -0.2) is 14.5 Å². The number of ether oxygens (including phenoxy) is 1. The average molecular weight is 703 g/mol. The molecule has 1 aliphatic carbocycles. The fourth-order valence-corrected chi connectivity index (χ4v) is 5.22. The minimum absolute atomic E-state index is 0. The molecular weight excluding hydrogens is 673 g/mol. The van der Waals surface area contributed by atoms with Crippen LogP contribution in [-0.2, 0) is 26.5 Å². The van der Waals surface area contributed by atoms with Gasteiger partial charge in [0.15, 0.2) is 0 Å². The standard InChI is InChI=1S/C35H29N3O.Pt/c1-35(2,3)27-16-18-37-34(22-27)39-28-8-6-7-24(19-28)25-13-14-30-29-9-4-5-10-31(29)38(32(30)20-25)33-21-26(15-17-36-33)23-11-12-23;/h4-10,13-18,21-23H,11-12H2,1-3H3;/q-2;+2. The smallest absolute Gasteiger partial charge is 0.460 e. The number of fused-ring (bicyclic) bond motifs is 3. The van der Waals surface area contributed by atoms with E-state index in [2.05, 4.69) is 91.0 Å². The first-order chi connectivity index (χ1) is 18.9. The van der Waals surface area contributed by atoms with Gasteiger partial charge >= 0.3 is 21.1 Å². The molecule has 0 N–H and O–H groups in total. The average Bonchev–Trinajstić information content (AvgIpc) is 3.75. The number of para-hydroxylation sites is 1. The second-order valence-electron chi connectivity index (χ2n) is 11.4. The summed E-state index contributed by atoms with van der Waals surface area (Å²) < 4.78 is 8.39. The first-order valence-corrected chi connectivity index (χ1v) is 13.5. The van der Waals surface area contributed by atoms with Gasteiger partial charge in [0.05, 0.1) is 0 Å². The largest absolute Gasteiger partial charge is 2.00 e. The van der Waals surface area contributed by atoms with Crippen LogP contribution in [0.25, 0.3) is 38.8 Å². The predicted octanol–water partition coefficient (Wildman–Crippen LogP) is 8.81. The number of pyridine rings is 2. The third kappa shape index (κ3) is 4.97. The van der Waals surface area contributed by atoms with Crippen LogP contribution in [0.5, 0.6) is 11.6 Å². The van der Waals surface area contributed by atoms with Gasteiger partial charge in [-0.15, -0.1) is 18.2 Å². The van der Waals surface area contributed by atoms with E-state index in [1.165, 1.54) is 29.4 Å². The Labute approximate surface area is 249 Å². The van der Waals surface area contributed by atoms with Crippen LogP contribution in [0.4, 0.5) is 0 Å². The number of nitrogens with zero attached hydrogens (tertiary/aromatic N) is 3. The molecule has 3 aromatic heterocycles. The molecule has 0 aliphatic heterocycles. The second kappa shape index (κ2) is 10.3. The summed E-state index contributed by atoms with van der Waals surface area (Å²) >= 11 is 0. The molecule has 0 saturated heterocycles. The summed E-state index contributed by atoms with van der Waals surface area (Å²) in [6.45, 7) is 6.55. The Bertz CT molecular complexity index is 1850. The molecule has 0 unspecified atom stereocenters. The summed E-state index contributed by atoms with van der Waals surface area (Å²) in [5.74, 6) is 2.79. The maximum atomic E-state index is 6.15. The van der Waals surface area contributed by atoms with Crippen molar-refractivity contribution in [1.29, 1.82) is 0 Å². The van der Waals surface area contributed by atoms with Crippen molar-refractivity contribution in [3.05, 3.63) is 115 Å². The maximum absolute atomic E-state index is 6.15. The molecule has 0 atom stereocenters. The summed E-state index contributed by atoms with van der Waals surface area (Å²) in [5, 5.41) is 2.35. The molecule has 40 heavy (non-hydrogen) atoms. The predicted molar refractivity (Wildman–Crippen MR) is 157 cm³/mol. The maximum Gasteiger partial charge on any atom is 2.00 e. The van der Waals surface area contributed by atoms with Crippen molar-refractivity contribution in [1.82, 2.24) is 14.5 Å². The summed E-state index contributed by atoms with van der Waals surface area (Å²) in [6.07, 6.45) is 6.26. The van der Waals surface area contributed by atoms with E-state index in [0.29, 0.717) is 17.5 Å². The topological polar surface area (TPSA) is 39.9 Å². The Morgan fingerprint density at radius 3 is 2.42 bits per heavy atom. The zero-order valence-corrected chi connectivity index (χ0v) is 25.0. The molecule has 4 nitrogen and oxygen atoms in total. The van der Waals surface area contributed by atoms with Crippen LogP contribution in [0.1, 0.15) is 50.7 Å². The third-order valence-electron chi connectivity index (χ3n) is 7.50. The molecule has 6 aromatic rings. The van der Waals surface area contributed by atoms with Crippen molar-refractivity contribution in [2.24, 2.45) is 0 Å². The first-order valence-electron chi connectivity index (χ1n) is 13.5. The fourth-order valence-electron chi connectivity index (χ4n) is 5.22. The molecule has 1 fully saturated rings. The van der Waals surface area contributed by atoms with E-state index in [9.17, 15) is 0 Å².